The minimum Gasteiger partial charge on any atom is -0.324 e. The predicted molar refractivity (Wildman–Crippen MR) is 124 cm³/mol. The summed E-state index contributed by atoms with van der Waals surface area (Å²) in [7, 11) is -3.66. The minimum absolute atomic E-state index is 0.0394. The fourth-order valence-corrected chi connectivity index (χ4v) is 4.57. The quantitative estimate of drug-likeness (QED) is 0.315. The van der Waals surface area contributed by atoms with E-state index in [1.807, 2.05) is 6.92 Å². The number of carbonyl (C=O) groups excluding carboxylic acids is 1. The number of nitrogens with zero attached hydrogens (tertiary/aromatic N) is 2. The Labute approximate surface area is 200 Å². The molecule has 0 aliphatic carbocycles. The highest BCUT2D eigenvalue weighted by Gasteiger charge is 2.31. The number of rotatable bonds is 9. The number of hydrogen-bond donors (Lipinski definition) is 2. The van der Waals surface area contributed by atoms with Gasteiger partial charge < -0.3 is 4.57 Å². The smallest absolute Gasteiger partial charge is 0.324 e. The second kappa shape index (κ2) is 10.3. The number of alkyl halides is 3. The molecule has 3 rings (SSSR count). The number of carbonyl (C=O) groups is 1. The summed E-state index contributed by atoms with van der Waals surface area (Å²) in [6.07, 6.45) is -2.39. The van der Waals surface area contributed by atoms with E-state index in [0.717, 1.165) is 25.0 Å². The number of amides is 1. The van der Waals surface area contributed by atoms with Gasteiger partial charge in [0.25, 0.3) is 5.91 Å². The van der Waals surface area contributed by atoms with Gasteiger partial charge in [0, 0.05) is 10.6 Å². The Bertz CT molecular complexity index is 1310. The fraction of sp³-hybridized carbons (Fsp3) is 0.364. The fourth-order valence-electron chi connectivity index (χ4n) is 3.40. The van der Waals surface area contributed by atoms with Crippen molar-refractivity contribution in [3.8, 4) is 0 Å². The van der Waals surface area contributed by atoms with Gasteiger partial charge >= 0.3 is 6.18 Å². The third-order valence-electron chi connectivity index (χ3n) is 5.25. The van der Waals surface area contributed by atoms with Crippen molar-refractivity contribution in [1.82, 2.24) is 19.8 Å². The minimum atomic E-state index is -4.50. The Morgan fingerprint density at radius 1 is 1.15 bits per heavy atom. The molecule has 1 heterocycles. The zero-order valence-electron chi connectivity index (χ0n) is 18.5. The number of aryl methyl sites for hydroxylation is 1. The van der Waals surface area contributed by atoms with Crippen LogP contribution in [0.25, 0.3) is 11.0 Å². The Kier molecular flexibility index (Phi) is 7.89. The summed E-state index contributed by atoms with van der Waals surface area (Å²) in [6, 6.07) is 7.79. The summed E-state index contributed by atoms with van der Waals surface area (Å²) >= 11 is 6.10. The van der Waals surface area contributed by atoms with Crippen LogP contribution in [0.15, 0.2) is 36.4 Å². The van der Waals surface area contributed by atoms with E-state index in [4.69, 9.17) is 11.6 Å². The molecule has 3 aromatic rings. The van der Waals surface area contributed by atoms with Crippen molar-refractivity contribution in [2.24, 2.45) is 0 Å². The molecule has 0 bridgehead atoms. The zero-order valence-corrected chi connectivity index (χ0v) is 20.1. The second-order valence-corrected chi connectivity index (χ2v) is 10.1. The normalized spacial score (nSPS) is 12.3. The van der Waals surface area contributed by atoms with Gasteiger partial charge in [-0.2, -0.15) is 13.2 Å². The topological polar surface area (TPSA) is 93.1 Å². The monoisotopic (exact) mass is 516 g/mol. The van der Waals surface area contributed by atoms with E-state index >= 15 is 0 Å². The van der Waals surface area contributed by atoms with Crippen molar-refractivity contribution in [1.29, 1.82) is 0 Å². The van der Waals surface area contributed by atoms with E-state index in [9.17, 15) is 26.4 Å². The first-order valence-corrected chi connectivity index (χ1v) is 12.6. The van der Waals surface area contributed by atoms with E-state index in [-0.39, 0.29) is 22.9 Å². The summed E-state index contributed by atoms with van der Waals surface area (Å²) in [5, 5.41) is -0.0394. The van der Waals surface area contributed by atoms with Crippen LogP contribution in [0, 0.1) is 6.92 Å². The Morgan fingerprint density at radius 3 is 2.53 bits per heavy atom. The SMILES string of the molecule is CCCCCS(=O)(=O)NNC(=O)c1ccc2nc(C)n(Cc3ccc(C(F)(F)F)cc3Cl)c2c1. The number of imidazole rings is 1. The van der Waals surface area contributed by atoms with Gasteiger partial charge in [-0.25, -0.2) is 13.4 Å². The number of hydrogen-bond acceptors (Lipinski definition) is 4. The molecule has 184 valence electrons. The van der Waals surface area contributed by atoms with Crippen LogP contribution in [0.4, 0.5) is 13.2 Å². The van der Waals surface area contributed by atoms with Crippen molar-refractivity contribution < 1.29 is 26.4 Å². The van der Waals surface area contributed by atoms with Crippen LogP contribution >= 0.6 is 11.6 Å². The maximum absolute atomic E-state index is 12.9. The number of halogens is 4. The van der Waals surface area contributed by atoms with Crippen LogP contribution in [0.1, 0.15) is 53.5 Å². The number of sulfonamides is 1. The lowest BCUT2D eigenvalue weighted by Crippen LogP contribution is -2.42. The van der Waals surface area contributed by atoms with Crippen LogP contribution < -0.4 is 10.3 Å². The molecule has 34 heavy (non-hydrogen) atoms. The molecule has 0 saturated heterocycles. The van der Waals surface area contributed by atoms with Crippen molar-refractivity contribution in [3.63, 3.8) is 0 Å². The standard InChI is InChI=1S/C22H24ClF3N4O3S/c1-3-4-5-10-34(32,33)29-28-21(31)15-7-9-19-20(11-15)30(14(2)27-19)13-16-6-8-17(12-18(16)23)22(24,25)26/h6-9,11-12,29H,3-5,10,13H2,1-2H3,(H,28,31). The molecule has 0 aliphatic rings. The van der Waals surface area contributed by atoms with E-state index in [2.05, 4.69) is 15.2 Å². The lowest BCUT2D eigenvalue weighted by atomic mass is 10.1. The number of nitrogens with one attached hydrogen (secondary N) is 2. The first kappa shape index (κ1) is 26.0. The summed E-state index contributed by atoms with van der Waals surface area (Å²) in [5.41, 5.74) is 3.11. The highest BCUT2D eigenvalue weighted by Crippen LogP contribution is 2.32. The molecule has 0 saturated carbocycles. The van der Waals surface area contributed by atoms with Crippen molar-refractivity contribution in [2.45, 2.75) is 45.8 Å². The molecule has 0 aliphatic heterocycles. The lowest BCUT2D eigenvalue weighted by Gasteiger charge is -2.12. The zero-order chi connectivity index (χ0) is 25.1. The molecule has 1 aromatic heterocycles. The Morgan fingerprint density at radius 2 is 1.88 bits per heavy atom. The maximum Gasteiger partial charge on any atom is 0.416 e. The average molecular weight is 517 g/mol. The van der Waals surface area contributed by atoms with E-state index in [0.29, 0.717) is 28.8 Å². The van der Waals surface area contributed by atoms with Crippen molar-refractivity contribution in [2.75, 3.05) is 5.75 Å². The molecule has 2 N–H and O–H groups in total. The Hall–Kier alpha value is -2.63. The van der Waals surface area contributed by atoms with Crippen LogP contribution in [0.2, 0.25) is 5.02 Å². The van der Waals surface area contributed by atoms with Crippen LogP contribution in [-0.2, 0) is 22.7 Å². The third-order valence-corrected chi connectivity index (χ3v) is 6.84. The van der Waals surface area contributed by atoms with Crippen LogP contribution in [0.5, 0.6) is 0 Å². The second-order valence-electron chi connectivity index (χ2n) is 7.83. The number of hydrazine groups is 1. The van der Waals surface area contributed by atoms with E-state index in [1.54, 1.807) is 17.6 Å². The van der Waals surface area contributed by atoms with Crippen molar-refractivity contribution >= 4 is 38.6 Å². The summed E-state index contributed by atoms with van der Waals surface area (Å²) in [4.78, 5) is 19.0. The van der Waals surface area contributed by atoms with Gasteiger partial charge in [0.2, 0.25) is 10.0 Å². The van der Waals surface area contributed by atoms with Crippen LogP contribution in [-0.4, -0.2) is 29.6 Å². The van der Waals surface area contributed by atoms with Gasteiger partial charge in [-0.15, -0.1) is 4.83 Å². The summed E-state index contributed by atoms with van der Waals surface area (Å²) in [5.74, 6) is -0.181. The molecule has 7 nitrogen and oxygen atoms in total. The highest BCUT2D eigenvalue weighted by molar-refractivity contribution is 7.89. The highest BCUT2D eigenvalue weighted by atomic mass is 35.5. The molecule has 1 amide bonds. The van der Waals surface area contributed by atoms with Gasteiger partial charge in [-0.1, -0.05) is 37.4 Å². The summed E-state index contributed by atoms with van der Waals surface area (Å²) < 4.78 is 64.5. The lowest BCUT2D eigenvalue weighted by molar-refractivity contribution is -0.137. The average Bonchev–Trinajstić information content (AvgIpc) is 3.07. The summed E-state index contributed by atoms with van der Waals surface area (Å²) in [6.45, 7) is 3.81. The molecule has 0 spiro atoms. The first-order valence-electron chi connectivity index (χ1n) is 10.5. The number of unbranched alkanes of at least 4 members (excludes halogenated alkanes) is 2. The molecule has 0 radical (unpaired) electrons. The largest absolute Gasteiger partial charge is 0.416 e. The van der Waals surface area contributed by atoms with Gasteiger partial charge in [-0.05, 0) is 49.2 Å². The van der Waals surface area contributed by atoms with Gasteiger partial charge in [-0.3, -0.25) is 10.2 Å². The number of benzene rings is 2. The maximum atomic E-state index is 12.9. The molecule has 0 atom stereocenters. The van der Waals surface area contributed by atoms with Gasteiger partial charge in [0.1, 0.15) is 5.82 Å². The van der Waals surface area contributed by atoms with Gasteiger partial charge in [0.05, 0.1) is 28.9 Å². The predicted octanol–water partition coefficient (Wildman–Crippen LogP) is 4.82. The molecular formula is C22H24ClF3N4O3S. The molecule has 0 fully saturated rings. The van der Waals surface area contributed by atoms with Crippen LogP contribution in [0.3, 0.4) is 0 Å². The van der Waals surface area contributed by atoms with Gasteiger partial charge in [0.15, 0.2) is 0 Å². The Balaban J connectivity index is 1.82. The van der Waals surface area contributed by atoms with E-state index in [1.165, 1.54) is 18.2 Å². The third kappa shape index (κ3) is 6.28. The molecule has 12 heteroatoms. The first-order chi connectivity index (χ1) is 15.9. The van der Waals surface area contributed by atoms with Crippen molar-refractivity contribution in [3.05, 3.63) is 63.9 Å². The molecular weight excluding hydrogens is 493 g/mol. The van der Waals surface area contributed by atoms with E-state index < -0.39 is 27.7 Å². The number of aromatic nitrogens is 2. The number of fused-ring (bicyclic) bond motifs is 1. The molecule has 0 unspecified atom stereocenters. The molecule has 2 aromatic carbocycles.